The summed E-state index contributed by atoms with van der Waals surface area (Å²) in [6.07, 6.45) is -1.34. The standard InChI is InChI=1S/C16H27NO4/c1-9(15(3,4)5)12(19)11-13(16(6,7)8)21-14(20)17(11)10(2)18/h9,11,13H,1-8H3/t9-,11?,13?/m0/s1. The summed E-state index contributed by atoms with van der Waals surface area (Å²) in [5.74, 6) is -0.863. The van der Waals surface area contributed by atoms with Crippen molar-refractivity contribution in [1.82, 2.24) is 4.90 Å². The van der Waals surface area contributed by atoms with Gasteiger partial charge in [-0.3, -0.25) is 9.59 Å². The third-order valence-electron chi connectivity index (χ3n) is 4.20. The average Bonchev–Trinajstić information content (AvgIpc) is 2.63. The lowest BCUT2D eigenvalue weighted by Gasteiger charge is -2.34. The molecule has 1 rings (SSSR count). The molecule has 0 aromatic rings. The highest BCUT2D eigenvalue weighted by atomic mass is 16.6. The molecule has 1 saturated heterocycles. The summed E-state index contributed by atoms with van der Waals surface area (Å²) in [5, 5.41) is 0. The molecule has 1 aliphatic heterocycles. The first kappa shape index (κ1) is 17.7. The highest BCUT2D eigenvalue weighted by Crippen LogP contribution is 2.37. The van der Waals surface area contributed by atoms with Gasteiger partial charge in [0.25, 0.3) is 0 Å². The van der Waals surface area contributed by atoms with Crippen molar-refractivity contribution in [2.24, 2.45) is 16.7 Å². The number of Topliss-reactive ketones (excluding diaryl/α,β-unsaturated/α-hetero) is 1. The predicted molar refractivity (Wildman–Crippen MR) is 79.7 cm³/mol. The minimum atomic E-state index is -0.843. The van der Waals surface area contributed by atoms with E-state index in [2.05, 4.69) is 0 Å². The van der Waals surface area contributed by atoms with Gasteiger partial charge in [0, 0.05) is 18.3 Å². The number of ether oxygens (including phenoxy) is 1. The molecule has 1 fully saturated rings. The van der Waals surface area contributed by atoms with Crippen LogP contribution in [0.5, 0.6) is 0 Å². The molecule has 0 saturated carbocycles. The zero-order valence-electron chi connectivity index (χ0n) is 14.3. The molecule has 0 aromatic heterocycles. The molecule has 2 amide bonds. The Morgan fingerprint density at radius 1 is 1.14 bits per heavy atom. The molecule has 1 aliphatic rings. The largest absolute Gasteiger partial charge is 0.442 e. The summed E-state index contributed by atoms with van der Waals surface area (Å²) in [6.45, 7) is 14.7. The Balaban J connectivity index is 3.25. The SMILES string of the molecule is CC(=O)N1C(=O)OC(C(C)(C)C)C1C(=O)[C@H](C)C(C)(C)C. The fraction of sp³-hybridized carbons (Fsp3) is 0.812. The van der Waals surface area contributed by atoms with Crippen molar-refractivity contribution in [3.05, 3.63) is 0 Å². The number of cyclic esters (lactones) is 1. The second-order valence-electron chi connectivity index (χ2n) is 7.99. The fourth-order valence-electron chi connectivity index (χ4n) is 2.41. The molecule has 0 radical (unpaired) electrons. The van der Waals surface area contributed by atoms with Gasteiger partial charge in [-0.25, -0.2) is 9.69 Å². The van der Waals surface area contributed by atoms with Crippen molar-refractivity contribution in [3.63, 3.8) is 0 Å². The predicted octanol–water partition coefficient (Wildman–Crippen LogP) is 3.02. The number of carbonyl (C=O) groups excluding carboxylic acids is 3. The van der Waals surface area contributed by atoms with Crippen LogP contribution in [0.1, 0.15) is 55.4 Å². The van der Waals surface area contributed by atoms with Crippen molar-refractivity contribution in [1.29, 1.82) is 0 Å². The average molecular weight is 297 g/mol. The van der Waals surface area contributed by atoms with Gasteiger partial charge >= 0.3 is 6.09 Å². The first-order valence-corrected chi connectivity index (χ1v) is 7.32. The maximum absolute atomic E-state index is 12.9. The molecule has 1 heterocycles. The van der Waals surface area contributed by atoms with Gasteiger partial charge in [-0.15, -0.1) is 0 Å². The van der Waals surface area contributed by atoms with Gasteiger partial charge in [0.05, 0.1) is 0 Å². The first-order chi connectivity index (χ1) is 9.28. The Bertz CT molecular complexity index is 456. The number of rotatable bonds is 2. The second kappa shape index (κ2) is 5.43. The van der Waals surface area contributed by atoms with Crippen LogP contribution in [0.4, 0.5) is 4.79 Å². The summed E-state index contributed by atoms with van der Waals surface area (Å²) in [4.78, 5) is 37.6. The molecule has 0 N–H and O–H groups in total. The van der Waals surface area contributed by atoms with Gasteiger partial charge in [-0.05, 0) is 5.41 Å². The minimum absolute atomic E-state index is 0.122. The summed E-state index contributed by atoms with van der Waals surface area (Å²) >= 11 is 0. The normalized spacial score (nSPS) is 24.8. The zero-order valence-corrected chi connectivity index (χ0v) is 14.3. The van der Waals surface area contributed by atoms with E-state index in [9.17, 15) is 14.4 Å². The number of nitrogens with zero attached hydrogens (tertiary/aromatic N) is 1. The maximum atomic E-state index is 12.9. The highest BCUT2D eigenvalue weighted by Gasteiger charge is 2.54. The Labute approximate surface area is 127 Å². The van der Waals surface area contributed by atoms with Crippen molar-refractivity contribution in [2.45, 2.75) is 67.5 Å². The van der Waals surface area contributed by atoms with E-state index in [0.717, 1.165) is 4.90 Å². The van der Waals surface area contributed by atoms with E-state index in [4.69, 9.17) is 4.74 Å². The van der Waals surface area contributed by atoms with E-state index in [1.165, 1.54) is 6.92 Å². The van der Waals surface area contributed by atoms with E-state index < -0.39 is 29.6 Å². The van der Waals surface area contributed by atoms with E-state index in [0.29, 0.717) is 0 Å². The van der Waals surface area contributed by atoms with Gasteiger partial charge < -0.3 is 4.74 Å². The zero-order chi connectivity index (χ0) is 16.7. The van der Waals surface area contributed by atoms with Crippen LogP contribution in [-0.2, 0) is 14.3 Å². The molecule has 5 nitrogen and oxygen atoms in total. The molecule has 2 unspecified atom stereocenters. The van der Waals surface area contributed by atoms with Crippen LogP contribution in [0.3, 0.4) is 0 Å². The molecule has 21 heavy (non-hydrogen) atoms. The summed E-state index contributed by atoms with van der Waals surface area (Å²) < 4.78 is 5.34. The van der Waals surface area contributed by atoms with Gasteiger partial charge in [-0.2, -0.15) is 0 Å². The molecular formula is C16H27NO4. The second-order valence-corrected chi connectivity index (χ2v) is 7.99. The van der Waals surface area contributed by atoms with Crippen LogP contribution < -0.4 is 0 Å². The highest BCUT2D eigenvalue weighted by molar-refractivity contribution is 6.01. The topological polar surface area (TPSA) is 63.7 Å². The molecule has 5 heteroatoms. The summed E-state index contributed by atoms with van der Waals surface area (Å²) in [5.41, 5.74) is -0.661. The maximum Gasteiger partial charge on any atom is 0.417 e. The van der Waals surface area contributed by atoms with Crippen molar-refractivity contribution in [2.75, 3.05) is 0 Å². The molecule has 0 bridgehead atoms. The van der Waals surface area contributed by atoms with Gasteiger partial charge in [0.15, 0.2) is 5.78 Å². The van der Waals surface area contributed by atoms with Crippen LogP contribution in [0, 0.1) is 16.7 Å². The van der Waals surface area contributed by atoms with E-state index in [1.807, 2.05) is 48.5 Å². The number of ketones is 1. The van der Waals surface area contributed by atoms with Crippen molar-refractivity contribution >= 4 is 17.8 Å². The molecule has 0 aromatic carbocycles. The Hall–Kier alpha value is -1.39. The molecule has 3 atom stereocenters. The number of carbonyl (C=O) groups is 3. The number of hydrogen-bond donors (Lipinski definition) is 0. The van der Waals surface area contributed by atoms with Crippen LogP contribution in [0.2, 0.25) is 0 Å². The smallest absolute Gasteiger partial charge is 0.417 e. The quantitative estimate of drug-likeness (QED) is 0.786. The van der Waals surface area contributed by atoms with E-state index in [1.54, 1.807) is 0 Å². The molecule has 0 spiro atoms. The van der Waals surface area contributed by atoms with Gasteiger partial charge in [-0.1, -0.05) is 48.5 Å². The lowest BCUT2D eigenvalue weighted by Crippen LogP contribution is -2.52. The Morgan fingerprint density at radius 3 is 1.95 bits per heavy atom. The van der Waals surface area contributed by atoms with Crippen molar-refractivity contribution in [3.8, 4) is 0 Å². The lowest BCUT2D eigenvalue weighted by molar-refractivity contribution is -0.138. The number of hydrogen-bond acceptors (Lipinski definition) is 4. The molecule has 120 valence electrons. The van der Waals surface area contributed by atoms with Crippen LogP contribution in [0.15, 0.2) is 0 Å². The van der Waals surface area contributed by atoms with Crippen LogP contribution in [0.25, 0.3) is 0 Å². The number of amides is 2. The van der Waals surface area contributed by atoms with Gasteiger partial charge in [0.2, 0.25) is 5.91 Å². The summed E-state index contributed by atoms with van der Waals surface area (Å²) in [7, 11) is 0. The van der Waals surface area contributed by atoms with Crippen molar-refractivity contribution < 1.29 is 19.1 Å². The third kappa shape index (κ3) is 3.44. The Kier molecular flexibility index (Phi) is 4.56. The summed E-state index contributed by atoms with van der Waals surface area (Å²) in [6, 6.07) is -0.843. The Morgan fingerprint density at radius 2 is 1.62 bits per heavy atom. The van der Waals surface area contributed by atoms with E-state index in [-0.39, 0.29) is 17.1 Å². The fourth-order valence-corrected chi connectivity index (χ4v) is 2.41. The number of imide groups is 1. The van der Waals surface area contributed by atoms with Gasteiger partial charge in [0.1, 0.15) is 12.1 Å². The minimum Gasteiger partial charge on any atom is -0.442 e. The van der Waals surface area contributed by atoms with Crippen LogP contribution in [-0.4, -0.2) is 34.8 Å². The van der Waals surface area contributed by atoms with E-state index >= 15 is 0 Å². The molecule has 0 aliphatic carbocycles. The van der Waals surface area contributed by atoms with Crippen LogP contribution >= 0.6 is 0 Å². The first-order valence-electron chi connectivity index (χ1n) is 7.32. The third-order valence-corrected chi connectivity index (χ3v) is 4.20. The lowest BCUT2D eigenvalue weighted by atomic mass is 9.74. The monoisotopic (exact) mass is 297 g/mol. The molecular weight excluding hydrogens is 270 g/mol.